The van der Waals surface area contributed by atoms with Gasteiger partial charge in [0.25, 0.3) is 5.91 Å². The van der Waals surface area contributed by atoms with E-state index in [9.17, 15) is 23.9 Å². The lowest BCUT2D eigenvalue weighted by molar-refractivity contribution is -0.141. The van der Waals surface area contributed by atoms with Crippen LogP contribution in [-0.4, -0.2) is 67.2 Å². The molecule has 10 nitrogen and oxygen atoms in total. The molecule has 0 bridgehead atoms. The summed E-state index contributed by atoms with van der Waals surface area (Å²) in [5.74, 6) is -1.02. The zero-order valence-corrected chi connectivity index (χ0v) is 20.9. The number of benzene rings is 2. The Bertz CT molecular complexity index is 1170. The number of nitrogens with zero attached hydrogens (tertiary/aromatic N) is 1. The molecule has 0 aliphatic carbocycles. The van der Waals surface area contributed by atoms with E-state index >= 15 is 0 Å². The lowest BCUT2D eigenvalue weighted by Crippen LogP contribution is -2.57. The molecular formula is C25H28ClFN4O6. The Morgan fingerprint density at radius 3 is 2.76 bits per heavy atom. The Kier molecular flexibility index (Phi) is 8.16. The number of likely N-dealkylation sites (tertiary alicyclic amines) is 1. The van der Waals surface area contributed by atoms with Crippen LogP contribution in [0.5, 0.6) is 0 Å². The molecule has 4 N–H and O–H groups in total. The monoisotopic (exact) mass is 534 g/mol. The van der Waals surface area contributed by atoms with Crippen molar-refractivity contribution in [2.24, 2.45) is 0 Å². The van der Waals surface area contributed by atoms with Gasteiger partial charge in [0.05, 0.1) is 18.9 Å². The number of nitrogens with one attached hydrogen (secondary N) is 3. The summed E-state index contributed by atoms with van der Waals surface area (Å²) in [6, 6.07) is 10.1. The number of hydrogen-bond donors (Lipinski definition) is 4. The lowest BCUT2D eigenvalue weighted by atomic mass is 9.83. The van der Waals surface area contributed by atoms with Crippen LogP contribution in [0.4, 0.5) is 20.6 Å². The number of anilines is 2. The molecule has 2 aromatic rings. The summed E-state index contributed by atoms with van der Waals surface area (Å²) in [4.78, 5) is 40.1. The van der Waals surface area contributed by atoms with Crippen LogP contribution in [0.3, 0.4) is 0 Å². The highest BCUT2D eigenvalue weighted by atomic mass is 35.5. The van der Waals surface area contributed by atoms with Gasteiger partial charge in [-0.05, 0) is 55.3 Å². The van der Waals surface area contributed by atoms with Gasteiger partial charge in [0.2, 0.25) is 12.3 Å². The van der Waals surface area contributed by atoms with E-state index in [0.29, 0.717) is 41.3 Å². The van der Waals surface area contributed by atoms with Crippen LogP contribution < -0.4 is 16.0 Å². The molecule has 2 unspecified atom stereocenters. The van der Waals surface area contributed by atoms with Crippen molar-refractivity contribution < 1.29 is 33.4 Å². The maximum atomic E-state index is 13.5. The third-order valence-electron chi connectivity index (χ3n) is 6.43. The number of ether oxygens (including phenoxy) is 2. The minimum absolute atomic E-state index is 0.0491. The molecule has 3 atom stereocenters. The maximum Gasteiger partial charge on any atom is 0.412 e. The highest BCUT2D eigenvalue weighted by Crippen LogP contribution is 2.43. The molecule has 2 aromatic carbocycles. The maximum absolute atomic E-state index is 13.5. The molecule has 0 saturated carbocycles. The van der Waals surface area contributed by atoms with Crippen molar-refractivity contribution in [3.8, 4) is 0 Å². The van der Waals surface area contributed by atoms with Crippen LogP contribution in [0, 0.1) is 0 Å². The average Bonchev–Trinajstić information content (AvgIpc) is 2.89. The number of hydrogen-bond acceptors (Lipinski definition) is 7. The van der Waals surface area contributed by atoms with Gasteiger partial charge in [-0.3, -0.25) is 19.3 Å². The van der Waals surface area contributed by atoms with Gasteiger partial charge in [0.15, 0.2) is 5.60 Å². The van der Waals surface area contributed by atoms with Crippen molar-refractivity contribution in [1.29, 1.82) is 0 Å². The summed E-state index contributed by atoms with van der Waals surface area (Å²) in [7, 11) is 1.33. The summed E-state index contributed by atoms with van der Waals surface area (Å²) in [5.41, 5.74) is 0.879. The molecule has 0 radical (unpaired) electrons. The van der Waals surface area contributed by atoms with Crippen molar-refractivity contribution >= 4 is 40.9 Å². The van der Waals surface area contributed by atoms with Gasteiger partial charge < -0.3 is 30.1 Å². The second-order valence-corrected chi connectivity index (χ2v) is 9.31. The Morgan fingerprint density at radius 1 is 1.30 bits per heavy atom. The van der Waals surface area contributed by atoms with E-state index in [1.54, 1.807) is 30.3 Å². The first-order valence-corrected chi connectivity index (χ1v) is 12.2. The first kappa shape index (κ1) is 26.6. The standard InChI is InChI=1S/C25H28ClFN4O6/c1-36-23(34)28-17-6-3-15(4-7-17)21(32)29-20(9-11-27)22(33)31-12-2-10-25(14-31)18-13-16(26)5-8-19(18)30-24(35)37-25/h3-8,13,20,23,28,34H,2,9-12,14H2,1H3,(H,29,32)(H,30,35)/t20?,23?,25-/m0/s1. The number of aliphatic hydroxyl groups is 1. The van der Waals surface area contributed by atoms with Crippen LogP contribution >= 0.6 is 11.6 Å². The molecule has 2 heterocycles. The van der Waals surface area contributed by atoms with Crippen molar-refractivity contribution in [2.75, 3.05) is 37.5 Å². The molecule has 2 aliphatic rings. The van der Waals surface area contributed by atoms with Crippen LogP contribution in [0.2, 0.25) is 5.02 Å². The highest BCUT2D eigenvalue weighted by Gasteiger charge is 2.47. The van der Waals surface area contributed by atoms with E-state index in [-0.39, 0.29) is 18.5 Å². The van der Waals surface area contributed by atoms with Crippen LogP contribution in [0.15, 0.2) is 42.5 Å². The number of piperidine rings is 1. The summed E-state index contributed by atoms with van der Waals surface area (Å²) < 4.78 is 23.8. The van der Waals surface area contributed by atoms with Crippen molar-refractivity contribution in [3.63, 3.8) is 0 Å². The molecular weight excluding hydrogens is 507 g/mol. The lowest BCUT2D eigenvalue weighted by Gasteiger charge is -2.45. The minimum atomic E-state index is -1.21. The molecule has 37 heavy (non-hydrogen) atoms. The third kappa shape index (κ3) is 5.95. The molecule has 2 aliphatic heterocycles. The number of fused-ring (bicyclic) bond motifs is 2. The molecule has 3 amide bonds. The van der Waals surface area contributed by atoms with E-state index in [1.165, 1.54) is 24.1 Å². The van der Waals surface area contributed by atoms with E-state index < -0.39 is 42.6 Å². The van der Waals surface area contributed by atoms with Gasteiger partial charge in [-0.25, -0.2) is 4.79 Å². The van der Waals surface area contributed by atoms with Crippen molar-refractivity contribution in [1.82, 2.24) is 10.2 Å². The van der Waals surface area contributed by atoms with Gasteiger partial charge in [0, 0.05) is 41.9 Å². The topological polar surface area (TPSA) is 129 Å². The van der Waals surface area contributed by atoms with Crippen molar-refractivity contribution in [3.05, 3.63) is 58.6 Å². The molecule has 1 spiro atoms. The number of alkyl halides is 1. The first-order valence-electron chi connectivity index (χ1n) is 11.8. The zero-order chi connectivity index (χ0) is 26.6. The van der Waals surface area contributed by atoms with E-state index in [0.717, 1.165) is 0 Å². The average molecular weight is 535 g/mol. The van der Waals surface area contributed by atoms with Crippen LogP contribution in [0.25, 0.3) is 0 Å². The van der Waals surface area contributed by atoms with Gasteiger partial charge in [-0.15, -0.1) is 0 Å². The Balaban J connectivity index is 1.49. The number of aliphatic hydroxyl groups excluding tert-OH is 1. The second kappa shape index (κ2) is 11.3. The van der Waals surface area contributed by atoms with E-state index in [1.807, 2.05) is 0 Å². The minimum Gasteiger partial charge on any atom is -0.436 e. The van der Waals surface area contributed by atoms with Gasteiger partial charge >= 0.3 is 6.09 Å². The Hall–Kier alpha value is -3.41. The number of halogens is 2. The Labute approximate surface area is 218 Å². The number of carbonyl (C=O) groups excluding carboxylic acids is 3. The fourth-order valence-corrected chi connectivity index (χ4v) is 4.80. The second-order valence-electron chi connectivity index (χ2n) is 8.88. The fourth-order valence-electron chi connectivity index (χ4n) is 4.63. The normalized spacial score (nSPS) is 20.3. The van der Waals surface area contributed by atoms with Crippen molar-refractivity contribution in [2.45, 2.75) is 37.3 Å². The molecule has 4 rings (SSSR count). The number of rotatable bonds is 8. The molecule has 0 aromatic heterocycles. The van der Waals surface area contributed by atoms with Crippen LogP contribution in [0.1, 0.15) is 35.2 Å². The molecule has 12 heteroatoms. The number of methoxy groups -OCH3 is 1. The van der Waals surface area contributed by atoms with Gasteiger partial charge in [-0.1, -0.05) is 11.6 Å². The molecule has 1 fully saturated rings. The fraction of sp³-hybridized carbons (Fsp3) is 0.400. The quantitative estimate of drug-likeness (QED) is 0.383. The third-order valence-corrected chi connectivity index (χ3v) is 6.66. The molecule has 1 saturated heterocycles. The summed E-state index contributed by atoms with van der Waals surface area (Å²) in [5, 5.41) is 17.9. The Morgan fingerprint density at radius 2 is 2.05 bits per heavy atom. The summed E-state index contributed by atoms with van der Waals surface area (Å²) in [6.07, 6.45) is -1.04. The van der Waals surface area contributed by atoms with Gasteiger partial charge in [0.1, 0.15) is 6.04 Å². The smallest absolute Gasteiger partial charge is 0.412 e. The summed E-state index contributed by atoms with van der Waals surface area (Å²) >= 11 is 6.20. The predicted octanol–water partition coefficient (Wildman–Crippen LogP) is 3.21. The predicted molar refractivity (Wildman–Crippen MR) is 134 cm³/mol. The highest BCUT2D eigenvalue weighted by molar-refractivity contribution is 6.30. The molecule has 198 valence electrons. The first-order chi connectivity index (χ1) is 17.7. The van der Waals surface area contributed by atoms with E-state index in [4.69, 9.17) is 21.1 Å². The summed E-state index contributed by atoms with van der Waals surface area (Å²) in [6.45, 7) is -0.402. The zero-order valence-electron chi connectivity index (χ0n) is 20.1. The largest absolute Gasteiger partial charge is 0.436 e. The number of carbonyl (C=O) groups is 3. The van der Waals surface area contributed by atoms with Crippen LogP contribution in [-0.2, 0) is 19.9 Å². The van der Waals surface area contributed by atoms with Gasteiger partial charge in [-0.2, -0.15) is 0 Å². The van der Waals surface area contributed by atoms with E-state index in [2.05, 4.69) is 16.0 Å². The SMILES string of the molecule is COC(O)Nc1ccc(C(=O)NC(CCF)C(=O)N2CCC[C@@]3(C2)OC(=O)Nc2ccc(Cl)cc23)cc1. The number of amides is 3.